The van der Waals surface area contributed by atoms with Gasteiger partial charge in [0, 0.05) is 12.5 Å². The SMILES string of the molecule is FC(c1ccc(OC2CC2)cc1)C1CCCNC1. The largest absolute Gasteiger partial charge is 0.490 e. The third kappa shape index (κ3) is 2.83. The van der Waals surface area contributed by atoms with E-state index in [0.717, 1.165) is 50.1 Å². The summed E-state index contributed by atoms with van der Waals surface area (Å²) in [6.07, 6.45) is 3.91. The minimum Gasteiger partial charge on any atom is -0.490 e. The fourth-order valence-corrected chi connectivity index (χ4v) is 2.51. The van der Waals surface area contributed by atoms with E-state index in [4.69, 9.17) is 4.74 Å². The van der Waals surface area contributed by atoms with Crippen molar-refractivity contribution in [2.24, 2.45) is 5.92 Å². The molecule has 18 heavy (non-hydrogen) atoms. The summed E-state index contributed by atoms with van der Waals surface area (Å²) in [7, 11) is 0. The number of hydrogen-bond donors (Lipinski definition) is 1. The lowest BCUT2D eigenvalue weighted by atomic mass is 9.90. The van der Waals surface area contributed by atoms with Crippen LogP contribution < -0.4 is 10.1 Å². The Hall–Kier alpha value is -1.09. The molecule has 3 rings (SSSR count). The molecule has 0 aromatic heterocycles. The maximum atomic E-state index is 14.3. The van der Waals surface area contributed by atoms with Crippen LogP contribution in [0, 0.1) is 5.92 Å². The highest BCUT2D eigenvalue weighted by molar-refractivity contribution is 5.29. The minimum atomic E-state index is -0.854. The van der Waals surface area contributed by atoms with Crippen molar-refractivity contribution in [1.29, 1.82) is 0 Å². The van der Waals surface area contributed by atoms with Crippen molar-refractivity contribution in [1.82, 2.24) is 5.32 Å². The van der Waals surface area contributed by atoms with E-state index in [2.05, 4.69) is 5.32 Å². The van der Waals surface area contributed by atoms with Gasteiger partial charge < -0.3 is 10.1 Å². The second kappa shape index (κ2) is 5.27. The van der Waals surface area contributed by atoms with E-state index in [1.165, 1.54) is 0 Å². The second-order valence-corrected chi connectivity index (χ2v) is 5.39. The zero-order chi connectivity index (χ0) is 12.4. The van der Waals surface area contributed by atoms with Crippen LogP contribution in [0.25, 0.3) is 0 Å². The number of hydrogen-bond acceptors (Lipinski definition) is 2. The first-order valence-electron chi connectivity index (χ1n) is 6.94. The first-order chi connectivity index (χ1) is 8.83. The summed E-state index contributed by atoms with van der Waals surface area (Å²) in [5, 5.41) is 3.27. The van der Waals surface area contributed by atoms with Gasteiger partial charge >= 0.3 is 0 Å². The number of benzene rings is 1. The molecule has 3 heteroatoms. The second-order valence-electron chi connectivity index (χ2n) is 5.39. The Morgan fingerprint density at radius 3 is 2.56 bits per heavy atom. The van der Waals surface area contributed by atoms with E-state index in [0.29, 0.717) is 6.10 Å². The normalized spacial score (nSPS) is 25.7. The van der Waals surface area contributed by atoms with Crippen molar-refractivity contribution in [3.8, 4) is 5.75 Å². The number of piperidine rings is 1. The van der Waals surface area contributed by atoms with Gasteiger partial charge in [-0.25, -0.2) is 4.39 Å². The molecule has 0 radical (unpaired) electrons. The van der Waals surface area contributed by atoms with Gasteiger partial charge in [0.25, 0.3) is 0 Å². The Balaban J connectivity index is 1.63. The van der Waals surface area contributed by atoms with Crippen LogP contribution >= 0.6 is 0 Å². The minimum absolute atomic E-state index is 0.119. The summed E-state index contributed by atoms with van der Waals surface area (Å²) >= 11 is 0. The quantitative estimate of drug-likeness (QED) is 0.884. The van der Waals surface area contributed by atoms with Gasteiger partial charge in [-0.3, -0.25) is 0 Å². The molecule has 2 fully saturated rings. The molecule has 1 aliphatic carbocycles. The monoisotopic (exact) mass is 249 g/mol. The number of halogens is 1. The van der Waals surface area contributed by atoms with E-state index < -0.39 is 6.17 Å². The van der Waals surface area contributed by atoms with Gasteiger partial charge in [-0.2, -0.15) is 0 Å². The van der Waals surface area contributed by atoms with Crippen molar-refractivity contribution in [3.63, 3.8) is 0 Å². The molecule has 2 unspecified atom stereocenters. The zero-order valence-corrected chi connectivity index (χ0v) is 10.6. The molecule has 1 saturated carbocycles. The van der Waals surface area contributed by atoms with Crippen molar-refractivity contribution in [2.45, 2.75) is 38.0 Å². The Kier molecular flexibility index (Phi) is 3.50. The molecular formula is C15H20FNO. The third-order valence-corrected chi connectivity index (χ3v) is 3.77. The zero-order valence-electron chi connectivity index (χ0n) is 10.6. The fourth-order valence-electron chi connectivity index (χ4n) is 2.51. The fraction of sp³-hybridized carbons (Fsp3) is 0.600. The Morgan fingerprint density at radius 1 is 1.17 bits per heavy atom. The standard InChI is InChI=1S/C15H20FNO/c16-15(12-2-1-9-17-10-12)11-3-5-13(6-4-11)18-14-7-8-14/h3-6,12,14-15,17H,1-2,7-10H2. The molecule has 1 aromatic carbocycles. The highest BCUT2D eigenvalue weighted by Gasteiger charge is 2.25. The summed E-state index contributed by atoms with van der Waals surface area (Å²) in [6, 6.07) is 7.54. The van der Waals surface area contributed by atoms with Crippen LogP contribution in [0.3, 0.4) is 0 Å². The first-order valence-corrected chi connectivity index (χ1v) is 6.94. The van der Waals surface area contributed by atoms with Crippen LogP contribution in [-0.2, 0) is 0 Å². The summed E-state index contributed by atoms with van der Waals surface area (Å²) < 4.78 is 20.0. The van der Waals surface area contributed by atoms with Gasteiger partial charge in [-0.05, 0) is 49.9 Å². The van der Waals surface area contributed by atoms with Crippen LogP contribution in [0.1, 0.15) is 37.4 Å². The van der Waals surface area contributed by atoms with Gasteiger partial charge in [-0.15, -0.1) is 0 Å². The van der Waals surface area contributed by atoms with E-state index >= 15 is 0 Å². The average molecular weight is 249 g/mol. The molecule has 2 nitrogen and oxygen atoms in total. The molecule has 2 atom stereocenters. The smallest absolute Gasteiger partial charge is 0.129 e. The maximum Gasteiger partial charge on any atom is 0.129 e. The van der Waals surface area contributed by atoms with E-state index in [9.17, 15) is 4.39 Å². The van der Waals surface area contributed by atoms with Crippen molar-refractivity contribution in [3.05, 3.63) is 29.8 Å². The van der Waals surface area contributed by atoms with Crippen LogP contribution in [0.4, 0.5) is 4.39 Å². The molecule has 2 aliphatic rings. The van der Waals surface area contributed by atoms with Crippen LogP contribution in [-0.4, -0.2) is 19.2 Å². The molecule has 0 spiro atoms. The van der Waals surface area contributed by atoms with Crippen molar-refractivity contribution >= 4 is 0 Å². The maximum absolute atomic E-state index is 14.3. The summed E-state index contributed by atoms with van der Waals surface area (Å²) in [6.45, 7) is 1.82. The predicted octanol–water partition coefficient (Wildman–Crippen LogP) is 3.24. The molecule has 1 heterocycles. The van der Waals surface area contributed by atoms with Crippen LogP contribution in [0.15, 0.2) is 24.3 Å². The van der Waals surface area contributed by atoms with Gasteiger partial charge in [-0.1, -0.05) is 12.1 Å². The van der Waals surface area contributed by atoms with E-state index in [1.54, 1.807) is 0 Å². The first kappa shape index (κ1) is 12.0. The molecule has 98 valence electrons. The van der Waals surface area contributed by atoms with E-state index in [1.807, 2.05) is 24.3 Å². The van der Waals surface area contributed by atoms with Gasteiger partial charge in [0.05, 0.1) is 6.10 Å². The molecule has 1 aliphatic heterocycles. The number of rotatable bonds is 4. The van der Waals surface area contributed by atoms with Crippen molar-refractivity contribution in [2.75, 3.05) is 13.1 Å². The number of ether oxygens (including phenoxy) is 1. The lowest BCUT2D eigenvalue weighted by Gasteiger charge is -2.26. The average Bonchev–Trinajstić information content (AvgIpc) is 3.24. The Labute approximate surface area is 108 Å². The Morgan fingerprint density at radius 2 is 1.94 bits per heavy atom. The third-order valence-electron chi connectivity index (χ3n) is 3.77. The topological polar surface area (TPSA) is 21.3 Å². The molecule has 1 saturated heterocycles. The number of alkyl halides is 1. The lowest BCUT2D eigenvalue weighted by molar-refractivity contribution is 0.194. The van der Waals surface area contributed by atoms with E-state index in [-0.39, 0.29) is 5.92 Å². The highest BCUT2D eigenvalue weighted by Crippen LogP contribution is 2.32. The molecule has 1 N–H and O–H groups in total. The van der Waals surface area contributed by atoms with Crippen LogP contribution in [0.2, 0.25) is 0 Å². The molecule has 1 aromatic rings. The summed E-state index contributed by atoms with van der Waals surface area (Å²) in [4.78, 5) is 0. The van der Waals surface area contributed by atoms with Gasteiger partial charge in [0.1, 0.15) is 11.9 Å². The summed E-state index contributed by atoms with van der Waals surface area (Å²) in [5.74, 6) is 0.990. The number of nitrogens with one attached hydrogen (secondary N) is 1. The summed E-state index contributed by atoms with van der Waals surface area (Å²) in [5.41, 5.74) is 0.784. The van der Waals surface area contributed by atoms with Gasteiger partial charge in [0.2, 0.25) is 0 Å². The Bertz CT molecular complexity index is 382. The molecular weight excluding hydrogens is 229 g/mol. The van der Waals surface area contributed by atoms with Crippen LogP contribution in [0.5, 0.6) is 5.75 Å². The highest BCUT2D eigenvalue weighted by atomic mass is 19.1. The molecule has 0 bridgehead atoms. The predicted molar refractivity (Wildman–Crippen MR) is 69.5 cm³/mol. The molecule has 0 amide bonds. The van der Waals surface area contributed by atoms with Crippen molar-refractivity contribution < 1.29 is 9.13 Å². The lowest BCUT2D eigenvalue weighted by Crippen LogP contribution is -2.32. The van der Waals surface area contributed by atoms with Gasteiger partial charge in [0.15, 0.2) is 0 Å².